The van der Waals surface area contributed by atoms with Gasteiger partial charge in [0, 0.05) is 0 Å². The first-order valence-electron chi connectivity index (χ1n) is 10.7. The maximum atomic E-state index is 13.1. The van der Waals surface area contributed by atoms with Gasteiger partial charge in [0.15, 0.2) is 11.5 Å². The van der Waals surface area contributed by atoms with E-state index in [4.69, 9.17) is 9.47 Å². The first-order valence-corrected chi connectivity index (χ1v) is 10.7. The van der Waals surface area contributed by atoms with Gasteiger partial charge < -0.3 is 9.47 Å². The van der Waals surface area contributed by atoms with E-state index in [-0.39, 0.29) is 11.1 Å². The van der Waals surface area contributed by atoms with Gasteiger partial charge in [0.25, 0.3) is 0 Å². The van der Waals surface area contributed by atoms with Crippen LogP contribution in [-0.4, -0.2) is 25.8 Å². The fraction of sp³-hybridized carbons (Fsp3) is 0.143. The van der Waals surface area contributed by atoms with Gasteiger partial charge in [0.1, 0.15) is 12.1 Å². The number of hydrogen-bond donors (Lipinski definition) is 0. The fourth-order valence-electron chi connectivity index (χ4n) is 5.42. The van der Waals surface area contributed by atoms with Crippen LogP contribution in [0.3, 0.4) is 0 Å². The SMILES string of the molecule is COc1cc2cc3c(cc2cc1OC)C1C(=O)C(=O)C3c2cc3cc(C#N)c(C#N)cc3cc21. The van der Waals surface area contributed by atoms with Gasteiger partial charge in [-0.05, 0) is 92.3 Å². The molecule has 2 bridgehead atoms. The van der Waals surface area contributed by atoms with E-state index in [1.54, 1.807) is 26.4 Å². The molecule has 0 heterocycles. The summed E-state index contributed by atoms with van der Waals surface area (Å²) in [6.07, 6.45) is 0. The van der Waals surface area contributed by atoms with E-state index < -0.39 is 23.4 Å². The van der Waals surface area contributed by atoms with Crippen molar-refractivity contribution >= 4 is 33.1 Å². The summed E-state index contributed by atoms with van der Waals surface area (Å²) >= 11 is 0. The molecule has 4 aromatic rings. The Morgan fingerprint density at radius 3 is 1.21 bits per heavy atom. The summed E-state index contributed by atoms with van der Waals surface area (Å²) in [5.41, 5.74) is 3.76. The van der Waals surface area contributed by atoms with E-state index in [2.05, 4.69) is 12.1 Å². The summed E-state index contributed by atoms with van der Waals surface area (Å²) in [7, 11) is 3.14. The Bertz CT molecular complexity index is 1580. The van der Waals surface area contributed by atoms with Crippen LogP contribution >= 0.6 is 0 Å². The van der Waals surface area contributed by atoms with Crippen molar-refractivity contribution in [3.63, 3.8) is 0 Å². The summed E-state index contributed by atoms with van der Waals surface area (Å²) in [5.74, 6) is -1.07. The number of ether oxygens (including phenoxy) is 2. The van der Waals surface area contributed by atoms with Crippen molar-refractivity contribution in [1.29, 1.82) is 10.5 Å². The molecule has 2 atom stereocenters. The zero-order valence-electron chi connectivity index (χ0n) is 18.3. The van der Waals surface area contributed by atoms with Crippen LogP contribution in [-0.2, 0) is 9.59 Å². The minimum atomic E-state index is -0.703. The Morgan fingerprint density at radius 1 is 0.588 bits per heavy atom. The second kappa shape index (κ2) is 6.91. The number of ketones is 2. The molecule has 0 N–H and O–H groups in total. The third-order valence-corrected chi connectivity index (χ3v) is 6.98. The van der Waals surface area contributed by atoms with Crippen LogP contribution in [0, 0.1) is 22.7 Å². The molecule has 0 spiro atoms. The molecule has 4 aromatic carbocycles. The van der Waals surface area contributed by atoms with E-state index in [1.165, 1.54) is 0 Å². The van der Waals surface area contributed by atoms with Gasteiger partial charge in [0.2, 0.25) is 11.6 Å². The predicted octanol–water partition coefficient (Wildman–Crippen LogP) is 4.48. The average Bonchev–Trinajstić information content (AvgIpc) is 2.86. The van der Waals surface area contributed by atoms with Gasteiger partial charge in [-0.25, -0.2) is 0 Å². The van der Waals surface area contributed by atoms with Crippen molar-refractivity contribution in [2.75, 3.05) is 14.2 Å². The quantitative estimate of drug-likeness (QED) is 0.423. The van der Waals surface area contributed by atoms with Crippen LogP contribution < -0.4 is 9.47 Å². The van der Waals surface area contributed by atoms with Gasteiger partial charge in [-0.15, -0.1) is 0 Å². The Hall–Kier alpha value is -4.68. The van der Waals surface area contributed by atoms with Crippen LogP contribution in [0.5, 0.6) is 11.5 Å². The summed E-state index contributed by atoms with van der Waals surface area (Å²) in [6.45, 7) is 0. The lowest BCUT2D eigenvalue weighted by Crippen LogP contribution is -2.40. The molecule has 0 radical (unpaired) electrons. The van der Waals surface area contributed by atoms with Crippen LogP contribution in [0.25, 0.3) is 21.5 Å². The molecule has 162 valence electrons. The molecular weight excluding hydrogens is 428 g/mol. The fourth-order valence-corrected chi connectivity index (χ4v) is 5.42. The topological polar surface area (TPSA) is 100 Å². The molecule has 7 rings (SSSR count). The van der Waals surface area contributed by atoms with Gasteiger partial charge in [-0.1, -0.05) is 0 Å². The Morgan fingerprint density at radius 2 is 0.912 bits per heavy atom. The number of nitriles is 2. The third kappa shape index (κ3) is 2.48. The molecule has 0 amide bonds. The van der Waals surface area contributed by atoms with Crippen molar-refractivity contribution in [2.24, 2.45) is 0 Å². The number of fused-ring (bicyclic) bond motifs is 3. The average molecular weight is 444 g/mol. The highest BCUT2D eigenvalue weighted by Gasteiger charge is 2.49. The van der Waals surface area contributed by atoms with Crippen molar-refractivity contribution in [2.45, 2.75) is 11.8 Å². The lowest BCUT2D eigenvalue weighted by atomic mass is 9.62. The van der Waals surface area contributed by atoms with Gasteiger partial charge in [0.05, 0.1) is 37.2 Å². The van der Waals surface area contributed by atoms with Crippen LogP contribution in [0.2, 0.25) is 0 Å². The second-order valence-corrected chi connectivity index (χ2v) is 8.58. The lowest BCUT2D eigenvalue weighted by Gasteiger charge is -2.38. The van der Waals surface area contributed by atoms with Crippen molar-refractivity contribution in [3.05, 3.63) is 81.9 Å². The summed E-state index contributed by atoms with van der Waals surface area (Å²) < 4.78 is 10.9. The monoisotopic (exact) mass is 444 g/mol. The molecule has 34 heavy (non-hydrogen) atoms. The Kier molecular flexibility index (Phi) is 4.06. The zero-order chi connectivity index (χ0) is 23.7. The van der Waals surface area contributed by atoms with E-state index in [0.29, 0.717) is 11.5 Å². The Labute approximate surface area is 194 Å². The van der Waals surface area contributed by atoms with Gasteiger partial charge in [-0.3, -0.25) is 9.59 Å². The molecule has 2 unspecified atom stereocenters. The summed E-state index contributed by atoms with van der Waals surface area (Å²) in [5, 5.41) is 22.1. The first-order chi connectivity index (χ1) is 16.5. The third-order valence-electron chi connectivity index (χ3n) is 6.98. The van der Waals surface area contributed by atoms with E-state index in [0.717, 1.165) is 43.8 Å². The standard InChI is InChI=1S/C28H16N2O4/c1-33-23-9-15-7-21-22(8-16(15)10-24(23)34-2)26-20-6-14-4-18(12-30)17(11-29)3-13(14)5-19(20)25(21)27(31)28(26)32/h3-10,25-26H,1-2H3. The van der Waals surface area contributed by atoms with Crippen LogP contribution in [0.15, 0.2) is 48.5 Å². The highest BCUT2D eigenvalue weighted by atomic mass is 16.5. The highest BCUT2D eigenvalue weighted by Crippen LogP contribution is 2.52. The number of Topliss-reactive ketones (excluding diaryl/α,β-unsaturated/α-hetero) is 2. The second-order valence-electron chi connectivity index (χ2n) is 8.58. The molecule has 0 aromatic heterocycles. The number of carbonyl (C=O) groups is 2. The minimum Gasteiger partial charge on any atom is -0.493 e. The van der Waals surface area contributed by atoms with E-state index in [9.17, 15) is 20.1 Å². The van der Waals surface area contributed by atoms with E-state index >= 15 is 0 Å². The predicted molar refractivity (Wildman–Crippen MR) is 124 cm³/mol. The van der Waals surface area contributed by atoms with E-state index in [1.807, 2.05) is 36.4 Å². The number of hydrogen-bond acceptors (Lipinski definition) is 6. The highest BCUT2D eigenvalue weighted by molar-refractivity contribution is 6.45. The molecule has 0 saturated heterocycles. The first kappa shape index (κ1) is 20.0. The largest absolute Gasteiger partial charge is 0.493 e. The number of methoxy groups -OCH3 is 2. The van der Waals surface area contributed by atoms with Crippen LogP contribution in [0.1, 0.15) is 45.2 Å². The number of nitrogens with zero attached hydrogens (tertiary/aromatic N) is 2. The minimum absolute atomic E-state index is 0.283. The van der Waals surface area contributed by atoms with Crippen LogP contribution in [0.4, 0.5) is 0 Å². The van der Waals surface area contributed by atoms with Gasteiger partial charge >= 0.3 is 0 Å². The molecule has 0 aliphatic heterocycles. The zero-order valence-corrected chi connectivity index (χ0v) is 18.3. The lowest BCUT2D eigenvalue weighted by molar-refractivity contribution is -0.138. The van der Waals surface area contributed by atoms with Crippen molar-refractivity contribution < 1.29 is 19.1 Å². The number of rotatable bonds is 2. The molecule has 0 fully saturated rings. The molecule has 3 aliphatic rings. The van der Waals surface area contributed by atoms with Gasteiger partial charge in [-0.2, -0.15) is 10.5 Å². The summed E-state index contributed by atoms with van der Waals surface area (Å²) in [6, 6.07) is 18.9. The maximum Gasteiger partial charge on any atom is 0.211 e. The number of benzene rings is 4. The Balaban J connectivity index is 1.65. The number of carbonyl (C=O) groups excluding carboxylic acids is 2. The smallest absolute Gasteiger partial charge is 0.211 e. The summed E-state index contributed by atoms with van der Waals surface area (Å²) in [4.78, 5) is 26.3. The molecule has 3 aliphatic carbocycles. The molecule has 0 saturated carbocycles. The maximum absolute atomic E-state index is 13.1. The normalized spacial score (nSPS) is 17.8. The molecule has 6 heteroatoms. The van der Waals surface area contributed by atoms with Crippen molar-refractivity contribution in [3.8, 4) is 23.6 Å². The molecular formula is C28H16N2O4. The van der Waals surface area contributed by atoms with Crippen molar-refractivity contribution in [1.82, 2.24) is 0 Å². The molecule has 6 nitrogen and oxygen atoms in total.